The molecule has 2 aromatic carbocycles. The second-order valence-electron chi connectivity index (χ2n) is 7.95. The molecule has 1 fully saturated rings. The Hall–Kier alpha value is -2.74. The molecule has 6 nitrogen and oxygen atoms in total. The van der Waals surface area contributed by atoms with Crippen molar-refractivity contribution in [2.75, 3.05) is 24.1 Å². The molecule has 8 heteroatoms. The third-order valence-electron chi connectivity index (χ3n) is 5.46. The molecular weight excluding hydrogens is 419 g/mol. The fourth-order valence-electron chi connectivity index (χ4n) is 3.80. The van der Waals surface area contributed by atoms with Crippen LogP contribution in [0.3, 0.4) is 0 Å². The molecule has 31 heavy (non-hydrogen) atoms. The number of anilines is 1. The quantitative estimate of drug-likeness (QED) is 0.628. The fraction of sp³-hybridized carbons (Fsp3) is 0.391. The molecule has 0 spiro atoms. The predicted octanol–water partition coefficient (Wildman–Crippen LogP) is 3.64. The van der Waals surface area contributed by atoms with E-state index in [0.717, 1.165) is 18.2 Å². The topological polar surface area (TPSA) is 83.6 Å². The SMILES string of the molecule is CS(=O)(=O)Nc1ccc(CCCC(=O)N2CCC(C(=O)c3ccc(F)cc3)CC2)cc1. The molecule has 1 saturated heterocycles. The molecule has 0 aromatic heterocycles. The summed E-state index contributed by atoms with van der Waals surface area (Å²) in [5, 5.41) is 0. The molecule has 166 valence electrons. The molecule has 1 aliphatic heterocycles. The van der Waals surface area contributed by atoms with Crippen molar-refractivity contribution in [3.05, 3.63) is 65.5 Å². The number of carbonyl (C=O) groups excluding carboxylic acids is 2. The summed E-state index contributed by atoms with van der Waals surface area (Å²) in [6.07, 6.45) is 4.21. The van der Waals surface area contributed by atoms with Gasteiger partial charge >= 0.3 is 0 Å². The number of rotatable bonds is 8. The van der Waals surface area contributed by atoms with Gasteiger partial charge in [-0.1, -0.05) is 12.1 Å². The van der Waals surface area contributed by atoms with E-state index in [4.69, 9.17) is 0 Å². The average molecular weight is 447 g/mol. The average Bonchev–Trinajstić information content (AvgIpc) is 2.74. The Labute approximate surface area is 182 Å². The van der Waals surface area contributed by atoms with E-state index in [0.29, 0.717) is 50.0 Å². The molecule has 0 atom stereocenters. The zero-order valence-corrected chi connectivity index (χ0v) is 18.3. The molecule has 0 saturated carbocycles. The van der Waals surface area contributed by atoms with Crippen molar-refractivity contribution in [2.24, 2.45) is 5.92 Å². The summed E-state index contributed by atoms with van der Waals surface area (Å²) in [4.78, 5) is 26.9. The maximum Gasteiger partial charge on any atom is 0.229 e. The van der Waals surface area contributed by atoms with Crippen LogP contribution in [0.2, 0.25) is 0 Å². The summed E-state index contributed by atoms with van der Waals surface area (Å²) < 4.78 is 37.9. The van der Waals surface area contributed by atoms with Gasteiger partial charge in [-0.05, 0) is 67.6 Å². The van der Waals surface area contributed by atoms with Crippen LogP contribution in [-0.4, -0.2) is 44.4 Å². The standard InChI is InChI=1S/C23H27FN2O4S/c1-31(29,30)25-21-11-5-17(6-12-21)3-2-4-22(27)26-15-13-19(14-16-26)23(28)18-7-9-20(24)10-8-18/h5-12,19,25H,2-4,13-16H2,1H3. The van der Waals surface area contributed by atoms with Gasteiger partial charge in [-0.15, -0.1) is 0 Å². The summed E-state index contributed by atoms with van der Waals surface area (Å²) in [5.74, 6) is -0.393. The summed E-state index contributed by atoms with van der Waals surface area (Å²) in [7, 11) is -3.29. The minimum atomic E-state index is -3.29. The largest absolute Gasteiger partial charge is 0.343 e. The van der Waals surface area contributed by atoms with Crippen LogP contribution in [0.5, 0.6) is 0 Å². The number of nitrogens with one attached hydrogen (secondary N) is 1. The third-order valence-corrected chi connectivity index (χ3v) is 6.07. The molecule has 1 amide bonds. The van der Waals surface area contributed by atoms with Gasteiger partial charge in [0, 0.05) is 36.7 Å². The first kappa shape index (κ1) is 22.9. The number of Topliss-reactive ketones (excluding diaryl/α,β-unsaturated/α-hetero) is 1. The number of ketones is 1. The van der Waals surface area contributed by atoms with E-state index in [-0.39, 0.29) is 23.4 Å². The van der Waals surface area contributed by atoms with E-state index in [1.54, 1.807) is 12.1 Å². The van der Waals surface area contributed by atoms with E-state index in [2.05, 4.69) is 4.72 Å². The predicted molar refractivity (Wildman–Crippen MR) is 118 cm³/mol. The lowest BCUT2D eigenvalue weighted by Crippen LogP contribution is -2.40. The van der Waals surface area contributed by atoms with Gasteiger partial charge in [0.05, 0.1) is 6.26 Å². The summed E-state index contributed by atoms with van der Waals surface area (Å²) in [6.45, 7) is 1.12. The Morgan fingerprint density at radius 2 is 1.65 bits per heavy atom. The summed E-state index contributed by atoms with van der Waals surface area (Å²) >= 11 is 0. The van der Waals surface area contributed by atoms with Crippen LogP contribution in [-0.2, 0) is 21.2 Å². The minimum absolute atomic E-state index is 0.0147. The summed E-state index contributed by atoms with van der Waals surface area (Å²) in [6, 6.07) is 12.7. The molecule has 3 rings (SSSR count). The maximum atomic E-state index is 13.0. The van der Waals surface area contributed by atoms with Gasteiger partial charge in [-0.3, -0.25) is 14.3 Å². The highest BCUT2D eigenvalue weighted by molar-refractivity contribution is 7.92. The molecule has 0 radical (unpaired) electrons. The van der Waals surface area contributed by atoms with Crippen molar-refractivity contribution in [1.29, 1.82) is 0 Å². The number of sulfonamides is 1. The van der Waals surface area contributed by atoms with Crippen molar-refractivity contribution in [1.82, 2.24) is 4.90 Å². The van der Waals surface area contributed by atoms with E-state index < -0.39 is 10.0 Å². The van der Waals surface area contributed by atoms with Crippen LogP contribution in [0.4, 0.5) is 10.1 Å². The molecule has 1 heterocycles. The normalized spacial score (nSPS) is 15.0. The van der Waals surface area contributed by atoms with Gasteiger partial charge in [0.1, 0.15) is 5.82 Å². The molecule has 2 aromatic rings. The Kier molecular flexibility index (Phi) is 7.43. The number of carbonyl (C=O) groups is 2. The van der Waals surface area contributed by atoms with Crippen LogP contribution >= 0.6 is 0 Å². The Balaban J connectivity index is 1.41. The van der Waals surface area contributed by atoms with Gasteiger partial charge in [-0.25, -0.2) is 12.8 Å². The number of hydrogen-bond acceptors (Lipinski definition) is 4. The number of piperidine rings is 1. The Bertz CT molecular complexity index is 1010. The zero-order valence-electron chi connectivity index (χ0n) is 17.5. The number of hydrogen-bond donors (Lipinski definition) is 1. The number of amides is 1. The van der Waals surface area contributed by atoms with Gasteiger partial charge < -0.3 is 4.90 Å². The van der Waals surface area contributed by atoms with Crippen LogP contribution in [0.15, 0.2) is 48.5 Å². The molecule has 0 aliphatic carbocycles. The van der Waals surface area contributed by atoms with Crippen LogP contribution in [0, 0.1) is 11.7 Å². The second kappa shape index (κ2) is 10.0. The first-order valence-corrected chi connectivity index (χ1v) is 12.2. The Morgan fingerprint density at radius 1 is 1.03 bits per heavy atom. The Morgan fingerprint density at radius 3 is 2.23 bits per heavy atom. The number of likely N-dealkylation sites (tertiary alicyclic amines) is 1. The highest BCUT2D eigenvalue weighted by Gasteiger charge is 2.27. The first-order chi connectivity index (χ1) is 14.7. The van der Waals surface area contributed by atoms with Crippen LogP contribution in [0.25, 0.3) is 0 Å². The zero-order chi connectivity index (χ0) is 22.4. The highest BCUT2D eigenvalue weighted by Crippen LogP contribution is 2.23. The molecule has 1 aliphatic rings. The molecule has 1 N–H and O–H groups in total. The lowest BCUT2D eigenvalue weighted by molar-refractivity contribution is -0.132. The summed E-state index contributed by atoms with van der Waals surface area (Å²) in [5.41, 5.74) is 2.07. The van der Waals surface area contributed by atoms with Crippen molar-refractivity contribution in [2.45, 2.75) is 32.1 Å². The number of aryl methyl sites for hydroxylation is 1. The molecule has 0 bridgehead atoms. The smallest absolute Gasteiger partial charge is 0.229 e. The van der Waals surface area contributed by atoms with Gasteiger partial charge in [0.25, 0.3) is 0 Å². The van der Waals surface area contributed by atoms with Crippen LogP contribution in [0.1, 0.15) is 41.6 Å². The fourth-order valence-corrected chi connectivity index (χ4v) is 4.36. The monoisotopic (exact) mass is 446 g/mol. The van der Waals surface area contributed by atoms with E-state index in [1.807, 2.05) is 17.0 Å². The van der Waals surface area contributed by atoms with Gasteiger partial charge in [0.2, 0.25) is 15.9 Å². The van der Waals surface area contributed by atoms with E-state index in [9.17, 15) is 22.4 Å². The number of nitrogens with zero attached hydrogens (tertiary/aromatic N) is 1. The number of benzene rings is 2. The third kappa shape index (κ3) is 6.89. The lowest BCUT2D eigenvalue weighted by atomic mass is 9.88. The first-order valence-electron chi connectivity index (χ1n) is 10.4. The van der Waals surface area contributed by atoms with Crippen molar-refractivity contribution in [3.8, 4) is 0 Å². The minimum Gasteiger partial charge on any atom is -0.343 e. The molecule has 0 unspecified atom stereocenters. The molecular formula is C23H27FN2O4S. The van der Waals surface area contributed by atoms with E-state index in [1.165, 1.54) is 24.3 Å². The highest BCUT2D eigenvalue weighted by atomic mass is 32.2. The van der Waals surface area contributed by atoms with E-state index >= 15 is 0 Å². The lowest BCUT2D eigenvalue weighted by Gasteiger charge is -2.31. The van der Waals surface area contributed by atoms with Gasteiger partial charge in [-0.2, -0.15) is 0 Å². The van der Waals surface area contributed by atoms with Gasteiger partial charge in [0.15, 0.2) is 5.78 Å². The maximum absolute atomic E-state index is 13.0. The van der Waals surface area contributed by atoms with Crippen LogP contribution < -0.4 is 4.72 Å². The van der Waals surface area contributed by atoms with Crippen molar-refractivity contribution < 1.29 is 22.4 Å². The van der Waals surface area contributed by atoms with Crippen molar-refractivity contribution in [3.63, 3.8) is 0 Å². The van der Waals surface area contributed by atoms with Crippen molar-refractivity contribution >= 4 is 27.4 Å². The number of halogens is 1. The second-order valence-corrected chi connectivity index (χ2v) is 9.70.